The number of urea groups is 1. The summed E-state index contributed by atoms with van der Waals surface area (Å²) in [5, 5.41) is 2.28. The van der Waals surface area contributed by atoms with Gasteiger partial charge in [0.25, 0.3) is 0 Å². The van der Waals surface area contributed by atoms with Crippen LogP contribution in [0.2, 0.25) is 0 Å². The van der Waals surface area contributed by atoms with E-state index in [2.05, 4.69) is 5.32 Å². The number of methoxy groups -OCH3 is 1. The monoisotopic (exact) mass is 244 g/mol. The number of nitrogens with one attached hydrogen (secondary N) is 1. The Balaban J connectivity index is 2.64. The van der Waals surface area contributed by atoms with Crippen LogP contribution in [-0.4, -0.2) is 38.2 Å². The Bertz CT molecular complexity index is 399. The average Bonchev–Trinajstić information content (AvgIpc) is 2.30. The normalized spacial score (nSPS) is 10.1. The Morgan fingerprint density at radius 1 is 1.47 bits per heavy atom. The van der Waals surface area contributed by atoms with Crippen LogP contribution in [0, 0.1) is 11.6 Å². The van der Waals surface area contributed by atoms with E-state index in [9.17, 15) is 13.6 Å². The minimum Gasteiger partial charge on any atom is -0.383 e. The van der Waals surface area contributed by atoms with Crippen LogP contribution in [-0.2, 0) is 4.74 Å². The Kier molecular flexibility index (Phi) is 4.84. The van der Waals surface area contributed by atoms with E-state index in [4.69, 9.17) is 4.74 Å². The first kappa shape index (κ1) is 13.4. The first-order chi connectivity index (χ1) is 8.04. The summed E-state index contributed by atoms with van der Waals surface area (Å²) in [6.45, 7) is 0.731. The van der Waals surface area contributed by atoms with Gasteiger partial charge in [-0.25, -0.2) is 13.6 Å². The molecule has 0 atom stereocenters. The van der Waals surface area contributed by atoms with E-state index < -0.39 is 17.7 Å². The average molecular weight is 244 g/mol. The van der Waals surface area contributed by atoms with Crippen molar-refractivity contribution in [1.82, 2.24) is 4.90 Å². The van der Waals surface area contributed by atoms with Crippen molar-refractivity contribution in [1.29, 1.82) is 0 Å². The molecule has 0 heterocycles. The Morgan fingerprint density at radius 3 is 2.82 bits per heavy atom. The molecule has 0 spiro atoms. The van der Waals surface area contributed by atoms with Crippen LogP contribution in [0.25, 0.3) is 0 Å². The van der Waals surface area contributed by atoms with Gasteiger partial charge in [0.2, 0.25) is 0 Å². The van der Waals surface area contributed by atoms with Crippen molar-refractivity contribution in [2.24, 2.45) is 0 Å². The molecule has 0 aliphatic carbocycles. The lowest BCUT2D eigenvalue weighted by Gasteiger charge is -2.17. The van der Waals surface area contributed by atoms with E-state index in [1.54, 1.807) is 0 Å². The van der Waals surface area contributed by atoms with Crippen LogP contribution in [0.4, 0.5) is 19.3 Å². The van der Waals surface area contributed by atoms with Gasteiger partial charge in [-0.2, -0.15) is 0 Å². The standard InChI is InChI=1S/C11H14F2N2O2/c1-15(5-6-17-2)11(16)14-10-7-8(12)3-4-9(10)13/h3-4,7H,5-6H2,1-2H3,(H,14,16). The maximum Gasteiger partial charge on any atom is 0.321 e. The zero-order valence-corrected chi connectivity index (χ0v) is 9.67. The largest absolute Gasteiger partial charge is 0.383 e. The smallest absolute Gasteiger partial charge is 0.321 e. The minimum atomic E-state index is -0.681. The molecule has 0 bridgehead atoms. The van der Waals surface area contributed by atoms with Gasteiger partial charge in [0.1, 0.15) is 11.6 Å². The highest BCUT2D eigenvalue weighted by molar-refractivity contribution is 5.89. The van der Waals surface area contributed by atoms with Crippen LogP contribution < -0.4 is 5.32 Å². The molecule has 0 fully saturated rings. The molecule has 0 aliphatic rings. The molecule has 0 saturated heterocycles. The lowest BCUT2D eigenvalue weighted by molar-refractivity contribution is 0.165. The molecule has 0 unspecified atom stereocenters. The predicted octanol–water partition coefficient (Wildman–Crippen LogP) is 2.07. The van der Waals surface area contributed by atoms with E-state index in [0.29, 0.717) is 13.2 Å². The molecule has 1 aromatic rings. The molecular formula is C11H14F2N2O2. The third-order valence-electron chi connectivity index (χ3n) is 2.15. The molecule has 0 aromatic heterocycles. The zero-order chi connectivity index (χ0) is 12.8. The predicted molar refractivity (Wildman–Crippen MR) is 59.9 cm³/mol. The van der Waals surface area contributed by atoms with Crippen molar-refractivity contribution in [2.45, 2.75) is 0 Å². The second-order valence-corrected chi connectivity index (χ2v) is 3.47. The number of ether oxygens (including phenoxy) is 1. The molecule has 4 nitrogen and oxygen atoms in total. The van der Waals surface area contributed by atoms with Gasteiger partial charge in [0, 0.05) is 26.8 Å². The summed E-state index contributed by atoms with van der Waals surface area (Å²) >= 11 is 0. The van der Waals surface area contributed by atoms with Crippen molar-refractivity contribution in [3.63, 3.8) is 0 Å². The quantitative estimate of drug-likeness (QED) is 0.881. The fourth-order valence-corrected chi connectivity index (χ4v) is 1.13. The molecule has 0 radical (unpaired) electrons. The number of halogens is 2. The summed E-state index contributed by atoms with van der Waals surface area (Å²) < 4.78 is 30.9. The molecule has 1 rings (SSSR count). The second kappa shape index (κ2) is 6.15. The number of amides is 2. The summed E-state index contributed by atoms with van der Waals surface area (Å²) in [6, 6.07) is 2.35. The van der Waals surface area contributed by atoms with Gasteiger partial charge in [-0.05, 0) is 12.1 Å². The number of rotatable bonds is 4. The van der Waals surface area contributed by atoms with Gasteiger partial charge in [-0.1, -0.05) is 0 Å². The molecule has 1 aromatic carbocycles. The first-order valence-corrected chi connectivity index (χ1v) is 5.00. The Labute approximate surface area is 98.2 Å². The van der Waals surface area contributed by atoms with E-state index in [1.165, 1.54) is 19.1 Å². The highest BCUT2D eigenvalue weighted by Crippen LogP contribution is 2.15. The number of nitrogens with zero attached hydrogens (tertiary/aromatic N) is 1. The Morgan fingerprint density at radius 2 is 2.18 bits per heavy atom. The van der Waals surface area contributed by atoms with Gasteiger partial charge in [0.15, 0.2) is 0 Å². The summed E-state index contributed by atoms with van der Waals surface area (Å²) in [5.74, 6) is -1.29. The summed E-state index contributed by atoms with van der Waals surface area (Å²) in [6.07, 6.45) is 0. The van der Waals surface area contributed by atoms with E-state index in [-0.39, 0.29) is 5.69 Å². The van der Waals surface area contributed by atoms with Crippen LogP contribution in [0.5, 0.6) is 0 Å². The number of benzene rings is 1. The van der Waals surface area contributed by atoms with Crippen molar-refractivity contribution >= 4 is 11.7 Å². The molecule has 17 heavy (non-hydrogen) atoms. The molecule has 0 aliphatic heterocycles. The van der Waals surface area contributed by atoms with Gasteiger partial charge in [-0.3, -0.25) is 0 Å². The summed E-state index contributed by atoms with van der Waals surface area (Å²) in [4.78, 5) is 12.9. The van der Waals surface area contributed by atoms with Crippen molar-refractivity contribution in [3.8, 4) is 0 Å². The third-order valence-corrected chi connectivity index (χ3v) is 2.15. The Hall–Kier alpha value is -1.69. The van der Waals surface area contributed by atoms with Gasteiger partial charge < -0.3 is 15.0 Å². The molecule has 94 valence electrons. The lowest BCUT2D eigenvalue weighted by Crippen LogP contribution is -2.34. The zero-order valence-electron chi connectivity index (χ0n) is 9.67. The van der Waals surface area contributed by atoms with Crippen LogP contribution >= 0.6 is 0 Å². The molecular weight excluding hydrogens is 230 g/mol. The van der Waals surface area contributed by atoms with Crippen molar-refractivity contribution in [2.75, 3.05) is 32.6 Å². The number of anilines is 1. The maximum atomic E-state index is 13.2. The first-order valence-electron chi connectivity index (χ1n) is 5.00. The van der Waals surface area contributed by atoms with Gasteiger partial charge in [-0.15, -0.1) is 0 Å². The third kappa shape index (κ3) is 3.99. The topological polar surface area (TPSA) is 41.6 Å². The SMILES string of the molecule is COCCN(C)C(=O)Nc1cc(F)ccc1F. The molecule has 2 amide bonds. The number of carbonyl (C=O) groups excluding carboxylic acids is 1. The van der Waals surface area contributed by atoms with Crippen LogP contribution in [0.15, 0.2) is 18.2 Å². The highest BCUT2D eigenvalue weighted by atomic mass is 19.1. The van der Waals surface area contributed by atoms with Gasteiger partial charge >= 0.3 is 6.03 Å². The van der Waals surface area contributed by atoms with E-state index in [1.807, 2.05) is 0 Å². The number of carbonyl (C=O) groups is 1. The van der Waals surface area contributed by atoms with Crippen LogP contribution in [0.3, 0.4) is 0 Å². The van der Waals surface area contributed by atoms with Crippen molar-refractivity contribution < 1.29 is 18.3 Å². The van der Waals surface area contributed by atoms with Crippen LogP contribution in [0.1, 0.15) is 0 Å². The lowest BCUT2D eigenvalue weighted by atomic mass is 10.3. The van der Waals surface area contributed by atoms with E-state index in [0.717, 1.165) is 18.2 Å². The summed E-state index contributed by atoms with van der Waals surface area (Å²) in [5.41, 5.74) is -0.181. The molecule has 1 N–H and O–H groups in total. The molecule has 6 heteroatoms. The fourth-order valence-electron chi connectivity index (χ4n) is 1.13. The summed E-state index contributed by atoms with van der Waals surface area (Å²) in [7, 11) is 3.05. The highest BCUT2D eigenvalue weighted by Gasteiger charge is 2.11. The number of hydrogen-bond acceptors (Lipinski definition) is 2. The number of likely N-dealkylation sites (N-methyl/N-ethyl adjacent to an activating group) is 1. The second-order valence-electron chi connectivity index (χ2n) is 3.47. The fraction of sp³-hybridized carbons (Fsp3) is 0.364. The maximum absolute atomic E-state index is 13.2. The number of hydrogen-bond donors (Lipinski definition) is 1. The molecule has 0 saturated carbocycles. The van der Waals surface area contributed by atoms with Gasteiger partial charge in [0.05, 0.1) is 12.3 Å². The van der Waals surface area contributed by atoms with E-state index >= 15 is 0 Å². The van der Waals surface area contributed by atoms with Crippen molar-refractivity contribution in [3.05, 3.63) is 29.8 Å². The minimum absolute atomic E-state index is 0.181.